The third-order valence-corrected chi connectivity index (χ3v) is 7.72. The first-order valence-electron chi connectivity index (χ1n) is 10.4. The first-order chi connectivity index (χ1) is 12.8. The summed E-state index contributed by atoms with van der Waals surface area (Å²) in [6.07, 6.45) is 5.80. The molecular formula is C22H33NO4. The minimum Gasteiger partial charge on any atom is -0.504 e. The summed E-state index contributed by atoms with van der Waals surface area (Å²) < 4.78 is 0. The highest BCUT2D eigenvalue weighted by atomic mass is 16.3. The molecule has 27 heavy (non-hydrogen) atoms. The van der Waals surface area contributed by atoms with Gasteiger partial charge in [-0.05, 0) is 69.5 Å². The van der Waals surface area contributed by atoms with Crippen molar-refractivity contribution in [3.63, 3.8) is 0 Å². The molecule has 1 aromatic rings. The first-order valence-corrected chi connectivity index (χ1v) is 10.4. The number of phenols is 2. The van der Waals surface area contributed by atoms with Gasteiger partial charge in [-0.1, -0.05) is 19.4 Å². The minimum absolute atomic E-state index is 0.0213. The Labute approximate surface area is 161 Å². The molecule has 4 rings (SSSR count). The molecule has 1 saturated carbocycles. The molecule has 1 saturated heterocycles. The Morgan fingerprint density at radius 1 is 1.26 bits per heavy atom. The van der Waals surface area contributed by atoms with Gasteiger partial charge in [-0.25, -0.2) is 0 Å². The van der Waals surface area contributed by atoms with Gasteiger partial charge in [-0.3, -0.25) is 4.90 Å². The number of fused-ring (bicyclic) bond motifs is 4. The van der Waals surface area contributed by atoms with Crippen molar-refractivity contribution < 1.29 is 20.4 Å². The van der Waals surface area contributed by atoms with E-state index in [-0.39, 0.29) is 17.5 Å². The van der Waals surface area contributed by atoms with E-state index >= 15 is 0 Å². The number of aliphatic hydroxyl groups excluding tert-OH is 1. The average Bonchev–Trinajstić information content (AvgIpc) is 2.57. The number of likely N-dealkylation sites (tertiary alicyclic amines) is 1. The highest BCUT2D eigenvalue weighted by Gasteiger charge is 2.61. The second-order valence-electron chi connectivity index (χ2n) is 9.37. The van der Waals surface area contributed by atoms with E-state index in [1.807, 2.05) is 13.0 Å². The molecule has 0 radical (unpaired) electrons. The number of aliphatic hydroxyl groups is 2. The lowest BCUT2D eigenvalue weighted by atomic mass is 9.53. The molecule has 1 aliphatic heterocycles. The molecule has 0 unspecified atom stereocenters. The lowest BCUT2D eigenvalue weighted by molar-refractivity contribution is -0.153. The summed E-state index contributed by atoms with van der Waals surface area (Å²) in [5.74, 6) is 0.518. The smallest absolute Gasteiger partial charge is 0.161 e. The van der Waals surface area contributed by atoms with Crippen molar-refractivity contribution in [2.75, 3.05) is 13.1 Å². The van der Waals surface area contributed by atoms with Gasteiger partial charge >= 0.3 is 0 Å². The molecule has 3 aliphatic rings. The Hall–Kier alpha value is -1.30. The number of hydrogen-bond donors (Lipinski definition) is 4. The van der Waals surface area contributed by atoms with Crippen LogP contribution in [0.4, 0.5) is 0 Å². The average molecular weight is 376 g/mol. The molecule has 1 aromatic carbocycles. The zero-order chi connectivity index (χ0) is 19.4. The van der Waals surface area contributed by atoms with Crippen LogP contribution < -0.4 is 0 Å². The summed E-state index contributed by atoms with van der Waals surface area (Å²) in [5.41, 5.74) is 0.0524. The fraction of sp³-hybridized carbons (Fsp3) is 0.727. The molecule has 0 aromatic heterocycles. The molecule has 4 atom stereocenters. The maximum Gasteiger partial charge on any atom is 0.161 e. The Kier molecular flexibility index (Phi) is 4.68. The standard InChI is InChI=1S/C22H33NO4/c1-14(24)8-9-22(27)18-12-16-6-7-17(25)20(26)19(16)21(22,2)10-11-23(18)13-15-4-3-5-15/h6-7,14-15,18,24-27H,3-5,8-13H2,1-2H3/t14-,18-,21+,22-/m1/s1. The molecule has 0 spiro atoms. The Bertz CT molecular complexity index is 717. The maximum atomic E-state index is 12.0. The van der Waals surface area contributed by atoms with Gasteiger partial charge in [0.25, 0.3) is 0 Å². The van der Waals surface area contributed by atoms with Crippen LogP contribution in [0, 0.1) is 5.92 Å². The predicted molar refractivity (Wildman–Crippen MR) is 104 cm³/mol. The molecule has 0 amide bonds. The second-order valence-corrected chi connectivity index (χ2v) is 9.37. The number of phenolic OH excluding ortho intramolecular Hbond substituents is 2. The van der Waals surface area contributed by atoms with Crippen molar-refractivity contribution in [2.45, 2.75) is 82.0 Å². The van der Waals surface area contributed by atoms with Crippen LogP contribution in [0.25, 0.3) is 0 Å². The van der Waals surface area contributed by atoms with E-state index in [1.165, 1.54) is 19.3 Å². The predicted octanol–water partition coefficient (Wildman–Crippen LogP) is 2.68. The molecule has 2 bridgehead atoms. The van der Waals surface area contributed by atoms with Crippen molar-refractivity contribution in [3.8, 4) is 11.5 Å². The first kappa shape index (κ1) is 19.0. The zero-order valence-corrected chi connectivity index (χ0v) is 16.5. The molecule has 2 fully saturated rings. The van der Waals surface area contributed by atoms with Crippen LogP contribution in [0.3, 0.4) is 0 Å². The molecule has 5 heteroatoms. The largest absolute Gasteiger partial charge is 0.504 e. The summed E-state index contributed by atoms with van der Waals surface area (Å²) >= 11 is 0. The van der Waals surface area contributed by atoms with E-state index in [0.29, 0.717) is 24.8 Å². The Morgan fingerprint density at radius 3 is 2.63 bits per heavy atom. The van der Waals surface area contributed by atoms with E-state index in [4.69, 9.17) is 0 Å². The van der Waals surface area contributed by atoms with Gasteiger partial charge in [-0.15, -0.1) is 0 Å². The Balaban J connectivity index is 1.77. The van der Waals surface area contributed by atoms with Crippen molar-refractivity contribution in [3.05, 3.63) is 23.3 Å². The van der Waals surface area contributed by atoms with Gasteiger partial charge in [0.1, 0.15) is 0 Å². The molecule has 150 valence electrons. The Morgan fingerprint density at radius 2 is 2.00 bits per heavy atom. The van der Waals surface area contributed by atoms with Crippen molar-refractivity contribution in [2.24, 2.45) is 5.92 Å². The van der Waals surface area contributed by atoms with Crippen LogP contribution in [0.1, 0.15) is 63.5 Å². The van der Waals surface area contributed by atoms with Crippen LogP contribution in [0.15, 0.2) is 12.1 Å². The fourth-order valence-electron chi connectivity index (χ4n) is 5.76. The van der Waals surface area contributed by atoms with Crippen LogP contribution in [0.2, 0.25) is 0 Å². The van der Waals surface area contributed by atoms with E-state index in [9.17, 15) is 20.4 Å². The number of nitrogens with zero attached hydrogens (tertiary/aromatic N) is 1. The van der Waals surface area contributed by atoms with Gasteiger partial charge < -0.3 is 20.4 Å². The van der Waals surface area contributed by atoms with Gasteiger partial charge in [-0.2, -0.15) is 0 Å². The summed E-state index contributed by atoms with van der Waals surface area (Å²) in [6, 6.07) is 3.44. The zero-order valence-electron chi connectivity index (χ0n) is 16.5. The number of benzene rings is 1. The van der Waals surface area contributed by atoms with Crippen molar-refractivity contribution >= 4 is 0 Å². The highest BCUT2D eigenvalue weighted by Crippen LogP contribution is 2.57. The molecule has 4 N–H and O–H groups in total. The van der Waals surface area contributed by atoms with Crippen LogP contribution in [-0.2, 0) is 11.8 Å². The second kappa shape index (κ2) is 6.64. The monoisotopic (exact) mass is 375 g/mol. The summed E-state index contributed by atoms with van der Waals surface area (Å²) in [5, 5.41) is 42.7. The normalized spacial score (nSPS) is 34.7. The summed E-state index contributed by atoms with van der Waals surface area (Å²) in [7, 11) is 0. The quantitative estimate of drug-likeness (QED) is 0.595. The van der Waals surface area contributed by atoms with Crippen molar-refractivity contribution in [1.82, 2.24) is 4.90 Å². The number of aromatic hydroxyl groups is 2. The molecule has 2 aliphatic carbocycles. The lowest BCUT2D eigenvalue weighted by Crippen LogP contribution is -2.71. The van der Waals surface area contributed by atoms with Crippen LogP contribution in [-0.4, -0.2) is 56.2 Å². The third kappa shape index (κ3) is 2.86. The SMILES string of the molecule is C[C@@H](O)CC[C@@]1(O)[C@H]2Cc3ccc(O)c(O)c3[C@]1(C)CCN2CC1CCC1. The van der Waals surface area contributed by atoms with Gasteiger partial charge in [0.05, 0.1) is 11.7 Å². The van der Waals surface area contributed by atoms with E-state index in [2.05, 4.69) is 4.90 Å². The van der Waals surface area contributed by atoms with Gasteiger partial charge in [0, 0.05) is 23.6 Å². The van der Waals surface area contributed by atoms with Crippen LogP contribution >= 0.6 is 0 Å². The van der Waals surface area contributed by atoms with E-state index < -0.39 is 17.1 Å². The summed E-state index contributed by atoms with van der Waals surface area (Å²) in [6.45, 7) is 5.70. The maximum absolute atomic E-state index is 12.0. The molecule has 5 nitrogen and oxygen atoms in total. The number of piperidine rings is 1. The third-order valence-electron chi connectivity index (χ3n) is 7.72. The number of rotatable bonds is 5. The van der Waals surface area contributed by atoms with Crippen LogP contribution in [0.5, 0.6) is 11.5 Å². The molecular weight excluding hydrogens is 342 g/mol. The topological polar surface area (TPSA) is 84.2 Å². The van der Waals surface area contributed by atoms with Crippen molar-refractivity contribution in [1.29, 1.82) is 0 Å². The lowest BCUT2D eigenvalue weighted by Gasteiger charge is -2.61. The number of hydrogen-bond acceptors (Lipinski definition) is 5. The van der Waals surface area contributed by atoms with E-state index in [0.717, 1.165) is 31.0 Å². The highest BCUT2D eigenvalue weighted by molar-refractivity contribution is 5.56. The summed E-state index contributed by atoms with van der Waals surface area (Å²) in [4.78, 5) is 2.46. The van der Waals surface area contributed by atoms with Gasteiger partial charge in [0.2, 0.25) is 0 Å². The fourth-order valence-corrected chi connectivity index (χ4v) is 5.76. The minimum atomic E-state index is -1.04. The van der Waals surface area contributed by atoms with E-state index in [1.54, 1.807) is 13.0 Å². The molecule has 1 heterocycles. The van der Waals surface area contributed by atoms with Gasteiger partial charge in [0.15, 0.2) is 11.5 Å².